The Bertz CT molecular complexity index is 122. The molecule has 0 aromatic carbocycles. The lowest BCUT2D eigenvalue weighted by Crippen LogP contribution is -2.12. The molecule has 1 unspecified atom stereocenters. The van der Waals surface area contributed by atoms with Crippen LogP contribution in [0.5, 0.6) is 0 Å². The normalized spacial score (nSPS) is 12.0. The van der Waals surface area contributed by atoms with Gasteiger partial charge in [0.15, 0.2) is 0 Å². The lowest BCUT2D eigenvalue weighted by Gasteiger charge is -1.95. The van der Waals surface area contributed by atoms with Crippen LogP contribution in [0.4, 0.5) is 0 Å². The molecule has 1 atom stereocenters. The van der Waals surface area contributed by atoms with Crippen LogP contribution >= 0.6 is 0 Å². The fourth-order valence-electron chi connectivity index (χ4n) is 0.376. The number of nitrogens with one attached hydrogen (secondary N) is 1. The van der Waals surface area contributed by atoms with Gasteiger partial charge in [0.1, 0.15) is 0 Å². The predicted molar refractivity (Wildman–Crippen MR) is 31.3 cm³/mol. The van der Waals surface area contributed by atoms with E-state index in [9.17, 15) is 0 Å². The van der Waals surface area contributed by atoms with Crippen LogP contribution < -0.4 is 5.73 Å². The number of hydrogen-bond donors (Lipinski definition) is 2. The Morgan fingerprint density at radius 2 is 2.50 bits per heavy atom. The van der Waals surface area contributed by atoms with Gasteiger partial charge in [-0.25, -0.2) is 0 Å². The maximum absolute atomic E-state index is 8.18. The summed E-state index contributed by atoms with van der Waals surface area (Å²) < 4.78 is 0. The number of amidine groups is 1. The van der Waals surface area contributed by atoms with Crippen molar-refractivity contribution < 1.29 is 0 Å². The van der Waals surface area contributed by atoms with E-state index in [-0.39, 0.29) is 11.8 Å². The third-order valence-corrected chi connectivity index (χ3v) is 0.746. The van der Waals surface area contributed by atoms with E-state index in [4.69, 9.17) is 16.4 Å². The third-order valence-electron chi connectivity index (χ3n) is 0.746. The Hall–Kier alpha value is -1.04. The van der Waals surface area contributed by atoms with Crippen LogP contribution in [0.3, 0.4) is 0 Å². The maximum atomic E-state index is 8.18. The average Bonchev–Trinajstić information content (AvgIpc) is 1.65. The van der Waals surface area contributed by atoms with E-state index in [1.165, 1.54) is 0 Å². The van der Waals surface area contributed by atoms with Crippen molar-refractivity contribution in [3.8, 4) is 6.07 Å². The first kappa shape index (κ1) is 6.96. The van der Waals surface area contributed by atoms with Gasteiger partial charge < -0.3 is 5.73 Å². The number of nitrogens with two attached hydrogens (primary N) is 1. The minimum absolute atomic E-state index is 0.0825. The molecule has 3 heteroatoms. The third kappa shape index (κ3) is 3.16. The molecular formula is C5H9N3. The van der Waals surface area contributed by atoms with Gasteiger partial charge in [-0.05, 0) is 6.92 Å². The van der Waals surface area contributed by atoms with Gasteiger partial charge in [0, 0.05) is 6.42 Å². The van der Waals surface area contributed by atoms with Gasteiger partial charge in [0.25, 0.3) is 0 Å². The van der Waals surface area contributed by atoms with Crippen molar-refractivity contribution in [2.75, 3.05) is 0 Å². The summed E-state index contributed by atoms with van der Waals surface area (Å²) in [7, 11) is 0. The largest absolute Gasteiger partial charge is 0.388 e. The lowest BCUT2D eigenvalue weighted by atomic mass is 10.1. The fourth-order valence-corrected chi connectivity index (χ4v) is 0.376. The highest BCUT2D eigenvalue weighted by molar-refractivity contribution is 5.77. The fraction of sp³-hybridized carbons (Fsp3) is 0.600. The van der Waals surface area contributed by atoms with Crippen molar-refractivity contribution in [3.05, 3.63) is 0 Å². The molecule has 0 heterocycles. The molecule has 0 fully saturated rings. The Balaban J connectivity index is 3.43. The van der Waals surface area contributed by atoms with Crippen LogP contribution in [-0.2, 0) is 0 Å². The van der Waals surface area contributed by atoms with Crippen molar-refractivity contribution in [2.24, 2.45) is 11.7 Å². The molecule has 0 spiro atoms. The summed E-state index contributed by atoms with van der Waals surface area (Å²) in [6.45, 7) is 1.74. The summed E-state index contributed by atoms with van der Waals surface area (Å²) in [5.74, 6) is -0.0356. The smallest absolute Gasteiger partial charge is 0.0918 e. The summed E-state index contributed by atoms with van der Waals surface area (Å²) in [4.78, 5) is 0. The van der Waals surface area contributed by atoms with Crippen molar-refractivity contribution in [1.82, 2.24) is 0 Å². The second-order valence-electron chi connectivity index (χ2n) is 1.76. The zero-order chi connectivity index (χ0) is 6.57. The first-order valence-corrected chi connectivity index (χ1v) is 2.39. The molecule has 0 aromatic rings. The molecule has 0 radical (unpaired) electrons. The van der Waals surface area contributed by atoms with Crippen LogP contribution in [0.1, 0.15) is 13.3 Å². The van der Waals surface area contributed by atoms with Gasteiger partial charge >= 0.3 is 0 Å². The van der Waals surface area contributed by atoms with Crippen molar-refractivity contribution in [3.63, 3.8) is 0 Å². The first-order chi connectivity index (χ1) is 3.66. The van der Waals surface area contributed by atoms with Gasteiger partial charge in [-0.1, -0.05) is 0 Å². The Morgan fingerprint density at radius 1 is 2.00 bits per heavy atom. The molecule has 0 aromatic heterocycles. The summed E-state index contributed by atoms with van der Waals surface area (Å²) >= 11 is 0. The molecule has 0 aliphatic heterocycles. The molecule has 0 saturated heterocycles. The molecule has 8 heavy (non-hydrogen) atoms. The topological polar surface area (TPSA) is 73.7 Å². The highest BCUT2D eigenvalue weighted by atomic mass is 14.7. The molecule has 3 nitrogen and oxygen atoms in total. The molecule has 0 aliphatic rings. The Kier molecular flexibility index (Phi) is 2.63. The summed E-state index contributed by atoms with van der Waals surface area (Å²) in [5, 5.41) is 14.9. The van der Waals surface area contributed by atoms with Crippen LogP contribution in [0.15, 0.2) is 0 Å². The van der Waals surface area contributed by atoms with E-state index in [0.717, 1.165) is 0 Å². The second-order valence-corrected chi connectivity index (χ2v) is 1.76. The SMILES string of the molecule is CC(C#N)CC(=N)N. The highest BCUT2D eigenvalue weighted by Crippen LogP contribution is 1.96. The molecular weight excluding hydrogens is 102 g/mol. The van der Waals surface area contributed by atoms with Crippen molar-refractivity contribution in [2.45, 2.75) is 13.3 Å². The Morgan fingerprint density at radius 3 is 2.62 bits per heavy atom. The predicted octanol–water partition coefficient (Wildman–Crippen LogP) is 0.472. The van der Waals surface area contributed by atoms with Gasteiger partial charge in [0.05, 0.1) is 17.8 Å². The van der Waals surface area contributed by atoms with E-state index in [0.29, 0.717) is 6.42 Å². The van der Waals surface area contributed by atoms with E-state index >= 15 is 0 Å². The molecule has 3 N–H and O–H groups in total. The zero-order valence-electron chi connectivity index (χ0n) is 4.81. The summed E-state index contributed by atoms with van der Waals surface area (Å²) in [6.07, 6.45) is 0.385. The van der Waals surface area contributed by atoms with Gasteiger partial charge in [0.2, 0.25) is 0 Å². The quantitative estimate of drug-likeness (QED) is 0.401. The molecule has 0 amide bonds. The summed E-state index contributed by atoms with van der Waals surface area (Å²) in [6, 6.07) is 1.98. The van der Waals surface area contributed by atoms with Gasteiger partial charge in [-0.2, -0.15) is 5.26 Å². The van der Waals surface area contributed by atoms with Crippen LogP contribution in [0.2, 0.25) is 0 Å². The average molecular weight is 111 g/mol. The van der Waals surface area contributed by atoms with E-state index in [2.05, 4.69) is 0 Å². The van der Waals surface area contributed by atoms with Gasteiger partial charge in [-0.15, -0.1) is 0 Å². The standard InChI is InChI=1S/C5H9N3/c1-4(3-6)2-5(7)8/h4H,2H2,1H3,(H3,7,8). The maximum Gasteiger partial charge on any atom is 0.0918 e. The van der Waals surface area contributed by atoms with E-state index in [1.807, 2.05) is 6.07 Å². The number of rotatable bonds is 2. The van der Waals surface area contributed by atoms with E-state index < -0.39 is 0 Å². The number of hydrogen-bond acceptors (Lipinski definition) is 2. The number of nitriles is 1. The van der Waals surface area contributed by atoms with Crippen LogP contribution in [0.25, 0.3) is 0 Å². The molecule has 44 valence electrons. The summed E-state index contributed by atoms with van der Waals surface area (Å²) in [5.41, 5.74) is 5.00. The van der Waals surface area contributed by atoms with Crippen LogP contribution in [0, 0.1) is 22.7 Å². The van der Waals surface area contributed by atoms with Crippen molar-refractivity contribution in [1.29, 1.82) is 10.7 Å². The molecule has 0 saturated carbocycles. The Labute approximate surface area is 48.6 Å². The molecule has 0 bridgehead atoms. The van der Waals surface area contributed by atoms with Crippen molar-refractivity contribution >= 4 is 5.84 Å². The van der Waals surface area contributed by atoms with E-state index in [1.54, 1.807) is 6.92 Å². The zero-order valence-corrected chi connectivity index (χ0v) is 4.81. The molecule has 0 aliphatic carbocycles. The minimum atomic E-state index is -0.118. The first-order valence-electron chi connectivity index (χ1n) is 2.39. The minimum Gasteiger partial charge on any atom is -0.388 e. The van der Waals surface area contributed by atoms with Gasteiger partial charge in [-0.3, -0.25) is 5.41 Å². The van der Waals surface area contributed by atoms with Crippen LogP contribution in [-0.4, -0.2) is 5.84 Å². The second kappa shape index (κ2) is 3.03. The number of nitrogens with zero attached hydrogens (tertiary/aromatic N) is 1. The highest BCUT2D eigenvalue weighted by Gasteiger charge is 1.98. The monoisotopic (exact) mass is 111 g/mol. The molecule has 0 rings (SSSR count). The lowest BCUT2D eigenvalue weighted by molar-refractivity contribution is 0.777.